The van der Waals surface area contributed by atoms with Crippen LogP contribution in [-0.4, -0.2) is 14.7 Å². The van der Waals surface area contributed by atoms with Crippen molar-refractivity contribution in [3.63, 3.8) is 0 Å². The highest BCUT2D eigenvalue weighted by atomic mass is 32.1. The van der Waals surface area contributed by atoms with Crippen LogP contribution in [0.15, 0.2) is 23.5 Å². The third-order valence-electron chi connectivity index (χ3n) is 2.04. The monoisotopic (exact) mass is 238 g/mol. The van der Waals surface area contributed by atoms with Gasteiger partial charge in [0.05, 0.1) is 5.56 Å². The molecule has 0 spiro atoms. The Kier molecular flexibility index (Phi) is 4.25. The molecular weight excluding hydrogens is 224 g/mol. The number of nitrogens with one attached hydrogen (secondary N) is 1. The number of hydrogen-bond acceptors (Lipinski definition) is 3. The maximum atomic E-state index is 11.6. The van der Waals surface area contributed by atoms with E-state index in [2.05, 4.69) is 11.6 Å². The molecule has 86 valence electrons. The molecule has 1 aromatic rings. The Morgan fingerprint density at radius 2 is 2.31 bits per heavy atom. The predicted molar refractivity (Wildman–Crippen MR) is 67.1 cm³/mol. The molecule has 0 aliphatic carbocycles. The molecule has 16 heavy (non-hydrogen) atoms. The predicted octanol–water partition coefficient (Wildman–Crippen LogP) is 2.22. The number of hydrogen-bond donors (Lipinski definition) is 2. The molecular formula is C11H14N2O2S. The Bertz CT molecular complexity index is 526. The fourth-order valence-electron chi connectivity index (χ4n) is 1.26. The minimum Gasteiger partial charge on any atom is -0.494 e. The quantitative estimate of drug-likeness (QED) is 0.624. The van der Waals surface area contributed by atoms with Crippen molar-refractivity contribution < 1.29 is 5.11 Å². The first-order valence-electron chi connectivity index (χ1n) is 4.95. The van der Waals surface area contributed by atoms with Crippen molar-refractivity contribution in [1.29, 1.82) is 0 Å². The Morgan fingerprint density at radius 1 is 1.62 bits per heavy atom. The fourth-order valence-corrected chi connectivity index (χ4v) is 1.51. The van der Waals surface area contributed by atoms with Crippen LogP contribution in [-0.2, 0) is 6.54 Å². The van der Waals surface area contributed by atoms with E-state index in [-0.39, 0.29) is 21.8 Å². The van der Waals surface area contributed by atoms with E-state index in [0.29, 0.717) is 6.54 Å². The SMILES string of the molecule is C=CCn1c(O)c(C=CCC)c(=O)[nH]c1=S. The van der Waals surface area contributed by atoms with E-state index in [0.717, 1.165) is 6.42 Å². The van der Waals surface area contributed by atoms with Crippen LogP contribution in [0.1, 0.15) is 18.9 Å². The zero-order valence-electron chi connectivity index (χ0n) is 9.06. The maximum absolute atomic E-state index is 11.6. The van der Waals surface area contributed by atoms with Crippen LogP contribution in [0, 0.1) is 4.77 Å². The summed E-state index contributed by atoms with van der Waals surface area (Å²) in [6, 6.07) is 0. The molecule has 0 atom stereocenters. The Labute approximate surface area is 98.6 Å². The lowest BCUT2D eigenvalue weighted by molar-refractivity contribution is 0.412. The average molecular weight is 238 g/mol. The smallest absolute Gasteiger partial charge is 0.262 e. The van der Waals surface area contributed by atoms with Crippen molar-refractivity contribution in [3.05, 3.63) is 39.4 Å². The molecule has 2 N–H and O–H groups in total. The largest absolute Gasteiger partial charge is 0.494 e. The summed E-state index contributed by atoms with van der Waals surface area (Å²) in [5.41, 5.74) is -0.162. The van der Waals surface area contributed by atoms with Crippen molar-refractivity contribution in [2.45, 2.75) is 19.9 Å². The molecule has 0 fully saturated rings. The summed E-state index contributed by atoms with van der Waals surface area (Å²) in [4.78, 5) is 14.1. The molecule has 0 amide bonds. The number of aromatic hydroxyl groups is 1. The van der Waals surface area contributed by atoms with Crippen molar-refractivity contribution >= 4 is 18.3 Å². The van der Waals surface area contributed by atoms with Crippen molar-refractivity contribution in [3.8, 4) is 5.88 Å². The number of aromatic amines is 1. The second-order valence-corrected chi connectivity index (χ2v) is 3.59. The number of rotatable bonds is 4. The van der Waals surface area contributed by atoms with Gasteiger partial charge in [-0.2, -0.15) is 0 Å². The molecule has 0 aliphatic heterocycles. The molecule has 1 heterocycles. The first kappa shape index (κ1) is 12.4. The molecule has 0 bridgehead atoms. The highest BCUT2D eigenvalue weighted by molar-refractivity contribution is 7.71. The van der Waals surface area contributed by atoms with E-state index in [1.54, 1.807) is 18.2 Å². The molecule has 0 saturated heterocycles. The molecule has 4 nitrogen and oxygen atoms in total. The van der Waals surface area contributed by atoms with Gasteiger partial charge in [-0.1, -0.05) is 19.1 Å². The molecule has 1 rings (SSSR count). The zero-order valence-corrected chi connectivity index (χ0v) is 9.88. The second-order valence-electron chi connectivity index (χ2n) is 3.21. The lowest BCUT2D eigenvalue weighted by Gasteiger charge is -2.08. The van der Waals surface area contributed by atoms with E-state index in [1.807, 2.05) is 6.92 Å². The van der Waals surface area contributed by atoms with E-state index in [1.165, 1.54) is 4.57 Å². The summed E-state index contributed by atoms with van der Waals surface area (Å²) in [6.45, 7) is 5.87. The van der Waals surface area contributed by atoms with Crippen LogP contribution in [0.4, 0.5) is 0 Å². The highest BCUT2D eigenvalue weighted by Gasteiger charge is 2.08. The van der Waals surface area contributed by atoms with Gasteiger partial charge in [-0.25, -0.2) is 0 Å². The Hall–Kier alpha value is -1.62. The molecule has 5 heteroatoms. The van der Waals surface area contributed by atoms with Gasteiger partial charge in [0.2, 0.25) is 5.88 Å². The van der Waals surface area contributed by atoms with Gasteiger partial charge in [-0.05, 0) is 24.7 Å². The number of aromatic nitrogens is 2. The van der Waals surface area contributed by atoms with Gasteiger partial charge in [0.25, 0.3) is 5.56 Å². The summed E-state index contributed by atoms with van der Waals surface area (Å²) < 4.78 is 1.61. The number of nitrogens with zero attached hydrogens (tertiary/aromatic N) is 1. The zero-order chi connectivity index (χ0) is 12.1. The van der Waals surface area contributed by atoms with Crippen LogP contribution in [0.2, 0.25) is 0 Å². The maximum Gasteiger partial charge on any atom is 0.262 e. The van der Waals surface area contributed by atoms with Gasteiger partial charge in [0.1, 0.15) is 0 Å². The van der Waals surface area contributed by atoms with Crippen LogP contribution in [0.5, 0.6) is 5.88 Å². The standard InChI is InChI=1S/C11H14N2O2S/c1-3-5-6-8-9(14)12-11(16)13(7-4-2)10(8)15/h4-6,15H,2-3,7H2,1H3,(H,12,14,16). The van der Waals surface area contributed by atoms with Crippen molar-refractivity contribution in [2.24, 2.45) is 0 Å². The topological polar surface area (TPSA) is 58.0 Å². The molecule has 1 aromatic heterocycles. The fraction of sp³-hybridized carbons (Fsp3) is 0.273. The lowest BCUT2D eigenvalue weighted by Crippen LogP contribution is -2.16. The Balaban J connectivity index is 3.44. The minimum atomic E-state index is -0.382. The van der Waals surface area contributed by atoms with Crippen molar-refractivity contribution in [2.75, 3.05) is 0 Å². The van der Waals surface area contributed by atoms with E-state index in [4.69, 9.17) is 12.2 Å². The van der Waals surface area contributed by atoms with Crippen LogP contribution in [0.3, 0.4) is 0 Å². The summed E-state index contributed by atoms with van der Waals surface area (Å²) in [5.74, 6) is -0.127. The summed E-state index contributed by atoms with van der Waals surface area (Å²) in [6.07, 6.45) is 5.77. The van der Waals surface area contributed by atoms with E-state index >= 15 is 0 Å². The van der Waals surface area contributed by atoms with E-state index < -0.39 is 0 Å². The molecule has 0 unspecified atom stereocenters. The third kappa shape index (κ3) is 2.49. The van der Waals surface area contributed by atoms with Gasteiger partial charge in [-0.3, -0.25) is 14.3 Å². The van der Waals surface area contributed by atoms with Gasteiger partial charge >= 0.3 is 0 Å². The average Bonchev–Trinajstić information content (AvgIpc) is 2.24. The minimum absolute atomic E-state index is 0.127. The third-order valence-corrected chi connectivity index (χ3v) is 2.36. The van der Waals surface area contributed by atoms with Crippen LogP contribution < -0.4 is 5.56 Å². The van der Waals surface area contributed by atoms with Gasteiger partial charge in [0, 0.05) is 6.54 Å². The number of allylic oxidation sites excluding steroid dienone is 2. The first-order chi connectivity index (χ1) is 7.61. The van der Waals surface area contributed by atoms with E-state index in [9.17, 15) is 9.90 Å². The lowest BCUT2D eigenvalue weighted by atomic mass is 10.2. The number of H-pyrrole nitrogens is 1. The first-order valence-corrected chi connectivity index (χ1v) is 5.36. The second kappa shape index (κ2) is 5.46. The van der Waals surface area contributed by atoms with Gasteiger partial charge < -0.3 is 5.11 Å². The van der Waals surface area contributed by atoms with Crippen LogP contribution in [0.25, 0.3) is 6.08 Å². The molecule has 0 aliphatic rings. The molecule has 0 radical (unpaired) electrons. The van der Waals surface area contributed by atoms with Gasteiger partial charge in [0.15, 0.2) is 4.77 Å². The summed E-state index contributed by atoms with van der Waals surface area (Å²) >= 11 is 4.94. The molecule has 0 aromatic carbocycles. The summed E-state index contributed by atoms with van der Waals surface area (Å²) in [7, 11) is 0. The molecule has 0 saturated carbocycles. The van der Waals surface area contributed by atoms with Crippen molar-refractivity contribution in [1.82, 2.24) is 9.55 Å². The van der Waals surface area contributed by atoms with Gasteiger partial charge in [-0.15, -0.1) is 6.58 Å². The Morgan fingerprint density at radius 3 is 2.88 bits per heavy atom. The summed E-state index contributed by atoms with van der Waals surface area (Å²) in [5, 5.41) is 9.89. The van der Waals surface area contributed by atoms with Crippen LogP contribution >= 0.6 is 12.2 Å². The normalized spacial score (nSPS) is 10.8. The highest BCUT2D eigenvalue weighted by Crippen LogP contribution is 2.14.